The van der Waals surface area contributed by atoms with E-state index >= 15 is 0 Å². The lowest BCUT2D eigenvalue weighted by atomic mass is 9.93. The molecule has 3 aromatic carbocycles. The van der Waals surface area contributed by atoms with Crippen LogP contribution in [0.3, 0.4) is 0 Å². The van der Waals surface area contributed by atoms with Crippen LogP contribution in [0.15, 0.2) is 75.9 Å². The summed E-state index contributed by atoms with van der Waals surface area (Å²) in [6.07, 6.45) is 4.46. The Kier molecular flexibility index (Phi) is 6.87. The number of fused-ring (bicyclic) bond motifs is 1. The van der Waals surface area contributed by atoms with Crippen molar-refractivity contribution in [2.24, 2.45) is 0 Å². The summed E-state index contributed by atoms with van der Waals surface area (Å²) < 4.78 is 11.6. The van der Waals surface area contributed by atoms with Crippen molar-refractivity contribution in [3.8, 4) is 22.6 Å². The maximum Gasteiger partial charge on any atom is 0.344 e. The molecule has 5 heteroatoms. The number of likely N-dealkylation sites (tertiary alicyclic amines) is 1. The number of benzene rings is 3. The van der Waals surface area contributed by atoms with E-state index < -0.39 is 5.63 Å². The first-order chi connectivity index (χ1) is 17.1. The van der Waals surface area contributed by atoms with Crippen LogP contribution in [0.1, 0.15) is 36.0 Å². The van der Waals surface area contributed by atoms with Gasteiger partial charge in [-0.3, -0.25) is 4.90 Å². The Hall–Kier alpha value is -3.57. The van der Waals surface area contributed by atoms with Gasteiger partial charge in [0.1, 0.15) is 23.7 Å². The number of hydrogen-bond acceptors (Lipinski definition) is 5. The molecule has 4 aromatic rings. The molecule has 0 aliphatic carbocycles. The van der Waals surface area contributed by atoms with Crippen LogP contribution in [-0.2, 0) is 6.42 Å². The van der Waals surface area contributed by atoms with Crippen LogP contribution < -0.4 is 10.4 Å². The van der Waals surface area contributed by atoms with Crippen molar-refractivity contribution in [3.63, 3.8) is 0 Å². The molecule has 0 amide bonds. The second-order valence-corrected chi connectivity index (χ2v) is 9.36. The van der Waals surface area contributed by atoms with E-state index in [-0.39, 0.29) is 5.75 Å². The van der Waals surface area contributed by atoms with Crippen molar-refractivity contribution in [1.82, 2.24) is 4.90 Å². The van der Waals surface area contributed by atoms with Crippen molar-refractivity contribution in [3.05, 3.63) is 93.8 Å². The number of nitrogens with zero attached hydrogens (tertiary/aromatic N) is 1. The summed E-state index contributed by atoms with van der Waals surface area (Å²) in [5.74, 6) is 0.924. The van der Waals surface area contributed by atoms with Gasteiger partial charge in [-0.2, -0.15) is 0 Å². The molecule has 1 fully saturated rings. The molecule has 5 rings (SSSR count). The Bertz CT molecular complexity index is 1370. The van der Waals surface area contributed by atoms with Crippen molar-refractivity contribution in [2.75, 3.05) is 26.2 Å². The number of phenols is 1. The first-order valence-electron chi connectivity index (χ1n) is 12.4. The molecule has 1 N–H and O–H groups in total. The molecule has 0 atom stereocenters. The molecule has 0 unspecified atom stereocenters. The SMILES string of the molecule is Cc1cccc(-c2c(Cc3ccc(OCCN4CCCCC4)cc3)c3ccc(O)cc3oc2=O)c1. The molecule has 180 valence electrons. The highest BCUT2D eigenvalue weighted by Crippen LogP contribution is 2.32. The monoisotopic (exact) mass is 469 g/mol. The number of aromatic hydroxyl groups is 1. The van der Waals surface area contributed by atoms with Gasteiger partial charge < -0.3 is 14.3 Å². The average Bonchev–Trinajstić information content (AvgIpc) is 2.85. The maximum absolute atomic E-state index is 13.1. The van der Waals surface area contributed by atoms with E-state index in [1.165, 1.54) is 38.4 Å². The van der Waals surface area contributed by atoms with Gasteiger partial charge in [-0.15, -0.1) is 0 Å². The zero-order valence-electron chi connectivity index (χ0n) is 20.1. The lowest BCUT2D eigenvalue weighted by Crippen LogP contribution is -2.33. The number of hydrogen-bond donors (Lipinski definition) is 1. The highest BCUT2D eigenvalue weighted by Gasteiger charge is 2.18. The van der Waals surface area contributed by atoms with Gasteiger partial charge in [0.25, 0.3) is 0 Å². The topological polar surface area (TPSA) is 62.9 Å². The Labute approximate surface area is 205 Å². The minimum Gasteiger partial charge on any atom is -0.508 e. The maximum atomic E-state index is 13.1. The van der Waals surface area contributed by atoms with E-state index in [9.17, 15) is 9.90 Å². The number of ether oxygens (including phenoxy) is 1. The quantitative estimate of drug-likeness (QED) is 0.340. The van der Waals surface area contributed by atoms with Crippen LogP contribution in [0.25, 0.3) is 22.1 Å². The van der Waals surface area contributed by atoms with E-state index in [1.54, 1.807) is 6.07 Å². The molecule has 35 heavy (non-hydrogen) atoms. The van der Waals surface area contributed by atoms with Crippen molar-refractivity contribution in [1.29, 1.82) is 0 Å². The summed E-state index contributed by atoms with van der Waals surface area (Å²) in [7, 11) is 0. The summed E-state index contributed by atoms with van der Waals surface area (Å²) in [4.78, 5) is 15.6. The average molecular weight is 470 g/mol. The molecule has 1 aliphatic rings. The third-order valence-electron chi connectivity index (χ3n) is 6.73. The largest absolute Gasteiger partial charge is 0.508 e. The predicted octanol–water partition coefficient (Wildman–Crippen LogP) is 5.93. The molecule has 0 spiro atoms. The van der Waals surface area contributed by atoms with Gasteiger partial charge in [0.05, 0.1) is 5.56 Å². The molecule has 1 aliphatic heterocycles. The zero-order chi connectivity index (χ0) is 24.2. The summed E-state index contributed by atoms with van der Waals surface area (Å²) in [5, 5.41) is 10.8. The van der Waals surface area contributed by atoms with Crippen LogP contribution in [0.2, 0.25) is 0 Å². The van der Waals surface area contributed by atoms with Gasteiger partial charge in [0.15, 0.2) is 0 Å². The molecule has 0 saturated carbocycles. The minimum absolute atomic E-state index is 0.0703. The summed E-state index contributed by atoms with van der Waals surface area (Å²) >= 11 is 0. The van der Waals surface area contributed by atoms with Gasteiger partial charge in [-0.05, 0) is 80.2 Å². The Morgan fingerprint density at radius 3 is 2.54 bits per heavy atom. The van der Waals surface area contributed by atoms with Gasteiger partial charge in [0, 0.05) is 18.0 Å². The first kappa shape index (κ1) is 23.2. The van der Waals surface area contributed by atoms with E-state index in [0.29, 0.717) is 24.2 Å². The lowest BCUT2D eigenvalue weighted by Gasteiger charge is -2.26. The normalized spacial score (nSPS) is 14.3. The lowest BCUT2D eigenvalue weighted by molar-refractivity contribution is 0.183. The fourth-order valence-corrected chi connectivity index (χ4v) is 4.91. The van der Waals surface area contributed by atoms with Crippen LogP contribution in [0.4, 0.5) is 0 Å². The fourth-order valence-electron chi connectivity index (χ4n) is 4.91. The van der Waals surface area contributed by atoms with Crippen LogP contribution in [0, 0.1) is 6.92 Å². The van der Waals surface area contributed by atoms with E-state index in [1.807, 2.05) is 49.4 Å². The first-order valence-corrected chi connectivity index (χ1v) is 12.4. The number of piperidine rings is 1. The number of rotatable bonds is 7. The van der Waals surface area contributed by atoms with Crippen molar-refractivity contribution >= 4 is 11.0 Å². The van der Waals surface area contributed by atoms with Gasteiger partial charge >= 0.3 is 5.63 Å². The third kappa shape index (κ3) is 5.41. The van der Waals surface area contributed by atoms with Crippen LogP contribution >= 0.6 is 0 Å². The Balaban J connectivity index is 1.41. The Morgan fingerprint density at radius 1 is 0.971 bits per heavy atom. The number of aryl methyl sites for hydroxylation is 1. The second kappa shape index (κ2) is 10.4. The van der Waals surface area contributed by atoms with Crippen molar-refractivity contribution < 1.29 is 14.3 Å². The molecular weight excluding hydrogens is 438 g/mol. The van der Waals surface area contributed by atoms with E-state index in [0.717, 1.165) is 39.9 Å². The molecule has 2 heterocycles. The van der Waals surface area contributed by atoms with E-state index in [4.69, 9.17) is 9.15 Å². The number of phenolic OH excluding ortho intramolecular Hbond substituents is 1. The third-order valence-corrected chi connectivity index (χ3v) is 6.73. The molecule has 1 aromatic heterocycles. The van der Waals surface area contributed by atoms with Gasteiger partial charge in [-0.25, -0.2) is 4.79 Å². The zero-order valence-corrected chi connectivity index (χ0v) is 20.1. The van der Waals surface area contributed by atoms with Crippen LogP contribution in [-0.4, -0.2) is 36.2 Å². The molecule has 0 bridgehead atoms. The standard InChI is InChI=1S/C30H31NO4/c1-21-6-5-7-23(18-21)29-27(26-13-10-24(32)20-28(26)35-30(29)33)19-22-8-11-25(12-9-22)34-17-16-31-14-3-2-4-15-31/h5-13,18,20,32H,2-4,14-17,19H2,1H3. The Morgan fingerprint density at radius 2 is 1.77 bits per heavy atom. The molecule has 5 nitrogen and oxygen atoms in total. The van der Waals surface area contributed by atoms with Gasteiger partial charge in [0.2, 0.25) is 0 Å². The predicted molar refractivity (Wildman–Crippen MR) is 139 cm³/mol. The summed E-state index contributed by atoms with van der Waals surface area (Å²) in [5.41, 5.74) is 4.42. The fraction of sp³-hybridized carbons (Fsp3) is 0.300. The molecule has 0 radical (unpaired) electrons. The van der Waals surface area contributed by atoms with Gasteiger partial charge in [-0.1, -0.05) is 48.4 Å². The van der Waals surface area contributed by atoms with Crippen LogP contribution in [0.5, 0.6) is 11.5 Å². The second-order valence-electron chi connectivity index (χ2n) is 9.36. The summed E-state index contributed by atoms with van der Waals surface area (Å²) in [6.45, 7) is 5.99. The summed E-state index contributed by atoms with van der Waals surface area (Å²) in [6, 6.07) is 20.9. The highest BCUT2D eigenvalue weighted by atomic mass is 16.5. The minimum atomic E-state index is -0.402. The van der Waals surface area contributed by atoms with E-state index in [2.05, 4.69) is 17.0 Å². The highest BCUT2D eigenvalue weighted by molar-refractivity contribution is 5.88. The molecular formula is C30H31NO4. The molecule has 1 saturated heterocycles. The smallest absolute Gasteiger partial charge is 0.344 e. The van der Waals surface area contributed by atoms with Crippen molar-refractivity contribution in [2.45, 2.75) is 32.6 Å².